The van der Waals surface area contributed by atoms with E-state index in [1.54, 1.807) is 18.3 Å². The number of nitrogens with zero attached hydrogens (tertiary/aromatic N) is 3. The molecule has 1 aromatic carbocycles. The molecule has 1 atom stereocenters. The Kier molecular flexibility index (Phi) is 4.27. The van der Waals surface area contributed by atoms with Crippen LogP contribution in [0.2, 0.25) is 10.0 Å². The Morgan fingerprint density at radius 3 is 2.78 bits per heavy atom. The van der Waals surface area contributed by atoms with E-state index in [1.165, 1.54) is 4.68 Å². The Bertz CT molecular complexity index is 573. The van der Waals surface area contributed by atoms with Gasteiger partial charge in [0.15, 0.2) is 0 Å². The first-order chi connectivity index (χ1) is 8.54. The zero-order valence-electron chi connectivity index (χ0n) is 9.44. The van der Waals surface area contributed by atoms with E-state index in [9.17, 15) is 5.11 Å². The van der Waals surface area contributed by atoms with Crippen molar-refractivity contribution < 1.29 is 5.11 Å². The smallest absolute Gasteiger partial charge is 0.112 e. The number of rotatable bonds is 3. The van der Waals surface area contributed by atoms with Crippen molar-refractivity contribution in [2.45, 2.75) is 19.4 Å². The summed E-state index contributed by atoms with van der Waals surface area (Å²) >= 11 is 15.5. The number of benzene rings is 1. The topological polar surface area (TPSA) is 50.9 Å². The zero-order valence-corrected chi connectivity index (χ0v) is 12.5. The minimum atomic E-state index is -0.622. The number of hydrogen-bond acceptors (Lipinski definition) is 3. The number of halogens is 3. The van der Waals surface area contributed by atoms with Crippen molar-refractivity contribution in [1.29, 1.82) is 0 Å². The molecule has 2 aromatic rings. The third kappa shape index (κ3) is 2.54. The molecule has 1 aromatic heterocycles. The van der Waals surface area contributed by atoms with Crippen molar-refractivity contribution in [3.8, 4) is 5.69 Å². The third-order valence-corrected chi connectivity index (χ3v) is 4.26. The van der Waals surface area contributed by atoms with E-state index in [4.69, 9.17) is 23.2 Å². The van der Waals surface area contributed by atoms with Gasteiger partial charge < -0.3 is 5.11 Å². The highest BCUT2D eigenvalue weighted by molar-refractivity contribution is 9.10. The lowest BCUT2D eigenvalue weighted by Gasteiger charge is -2.06. The Balaban J connectivity index is 2.43. The van der Waals surface area contributed by atoms with Gasteiger partial charge in [0.05, 0.1) is 28.0 Å². The minimum Gasteiger partial charge on any atom is -0.387 e. The maximum atomic E-state index is 9.68. The van der Waals surface area contributed by atoms with Crippen molar-refractivity contribution >= 4 is 39.1 Å². The summed E-state index contributed by atoms with van der Waals surface area (Å²) < 4.78 is 2.21. The fourth-order valence-electron chi connectivity index (χ4n) is 1.45. The van der Waals surface area contributed by atoms with Crippen LogP contribution >= 0.6 is 39.1 Å². The molecule has 0 saturated heterocycles. The molecule has 0 aliphatic carbocycles. The Morgan fingerprint density at radius 1 is 1.39 bits per heavy atom. The van der Waals surface area contributed by atoms with Gasteiger partial charge >= 0.3 is 0 Å². The number of aliphatic hydroxyl groups excluding tert-OH is 1. The van der Waals surface area contributed by atoms with Crippen molar-refractivity contribution in [2.24, 2.45) is 0 Å². The Morgan fingerprint density at radius 2 is 2.11 bits per heavy atom. The summed E-state index contributed by atoms with van der Waals surface area (Å²) in [4.78, 5) is 0. The molecule has 0 aliphatic rings. The summed E-state index contributed by atoms with van der Waals surface area (Å²) in [7, 11) is 0. The summed E-state index contributed by atoms with van der Waals surface area (Å²) in [6.07, 6.45) is 1.59. The first-order valence-electron chi connectivity index (χ1n) is 5.28. The monoisotopic (exact) mass is 349 g/mol. The zero-order chi connectivity index (χ0) is 13.3. The second-order valence-electron chi connectivity index (χ2n) is 3.71. The van der Waals surface area contributed by atoms with Crippen LogP contribution in [-0.4, -0.2) is 20.1 Å². The highest BCUT2D eigenvalue weighted by atomic mass is 79.9. The lowest BCUT2D eigenvalue weighted by Crippen LogP contribution is -1.97. The van der Waals surface area contributed by atoms with Crippen LogP contribution in [0.1, 0.15) is 25.1 Å². The average molecular weight is 351 g/mol. The summed E-state index contributed by atoms with van der Waals surface area (Å²) in [6, 6.07) is 3.55. The number of hydrogen-bond donors (Lipinski definition) is 1. The van der Waals surface area contributed by atoms with Crippen molar-refractivity contribution in [3.05, 3.63) is 38.5 Å². The van der Waals surface area contributed by atoms with Gasteiger partial charge in [-0.05, 0) is 34.5 Å². The van der Waals surface area contributed by atoms with E-state index >= 15 is 0 Å². The maximum Gasteiger partial charge on any atom is 0.112 e. The van der Waals surface area contributed by atoms with Gasteiger partial charge in [0.2, 0.25) is 0 Å². The van der Waals surface area contributed by atoms with Crippen LogP contribution in [0.3, 0.4) is 0 Å². The van der Waals surface area contributed by atoms with Gasteiger partial charge in [0.1, 0.15) is 5.69 Å². The molecule has 1 unspecified atom stereocenters. The third-order valence-electron chi connectivity index (χ3n) is 2.50. The highest BCUT2D eigenvalue weighted by Gasteiger charge is 2.14. The lowest BCUT2D eigenvalue weighted by atomic mass is 10.2. The first kappa shape index (κ1) is 13.8. The van der Waals surface area contributed by atoms with Crippen LogP contribution in [0.5, 0.6) is 0 Å². The van der Waals surface area contributed by atoms with Crippen molar-refractivity contribution in [1.82, 2.24) is 15.0 Å². The average Bonchev–Trinajstić information content (AvgIpc) is 2.84. The molecule has 7 heteroatoms. The molecular formula is C11H10BrCl2N3O. The van der Waals surface area contributed by atoms with Crippen LogP contribution in [0.15, 0.2) is 22.8 Å². The van der Waals surface area contributed by atoms with Gasteiger partial charge in [0.25, 0.3) is 0 Å². The van der Waals surface area contributed by atoms with Crippen LogP contribution in [-0.2, 0) is 0 Å². The molecule has 0 aliphatic heterocycles. The fraction of sp³-hybridized carbons (Fsp3) is 0.273. The standard InChI is InChI=1S/C11H10BrCl2N3O/c1-2-9(18)7-5-17(16-15-7)8-4-3-6(12)10(13)11(8)14/h3-5,9,18H,2H2,1H3. The molecule has 4 nitrogen and oxygen atoms in total. The molecule has 1 heterocycles. The number of aliphatic hydroxyl groups is 1. The van der Waals surface area contributed by atoms with Crippen LogP contribution in [0.25, 0.3) is 5.69 Å². The van der Waals surface area contributed by atoms with Crippen LogP contribution in [0.4, 0.5) is 0 Å². The van der Waals surface area contributed by atoms with E-state index < -0.39 is 6.10 Å². The molecule has 0 saturated carbocycles. The molecule has 1 N–H and O–H groups in total. The molecule has 18 heavy (non-hydrogen) atoms. The van der Waals surface area contributed by atoms with Gasteiger partial charge in [-0.1, -0.05) is 35.3 Å². The molecule has 2 rings (SSSR count). The molecule has 0 bridgehead atoms. The second kappa shape index (κ2) is 5.57. The normalized spacial score (nSPS) is 12.7. The molecule has 0 fully saturated rings. The lowest BCUT2D eigenvalue weighted by molar-refractivity contribution is 0.169. The molecule has 0 spiro atoms. The van der Waals surface area contributed by atoms with Gasteiger partial charge in [-0.2, -0.15) is 0 Å². The molecule has 0 amide bonds. The second-order valence-corrected chi connectivity index (χ2v) is 5.32. The molecule has 96 valence electrons. The summed E-state index contributed by atoms with van der Waals surface area (Å²) in [6.45, 7) is 1.87. The maximum absolute atomic E-state index is 9.68. The SMILES string of the molecule is CCC(O)c1cn(-c2ccc(Br)c(Cl)c2Cl)nn1. The highest BCUT2D eigenvalue weighted by Crippen LogP contribution is 2.34. The van der Waals surface area contributed by atoms with Crippen molar-refractivity contribution in [2.75, 3.05) is 0 Å². The summed E-state index contributed by atoms with van der Waals surface area (Å²) in [5, 5.41) is 18.3. The molecular weight excluding hydrogens is 341 g/mol. The summed E-state index contributed by atoms with van der Waals surface area (Å²) in [5.41, 5.74) is 1.12. The van der Waals surface area contributed by atoms with Crippen LogP contribution < -0.4 is 0 Å². The first-order valence-corrected chi connectivity index (χ1v) is 6.83. The van der Waals surface area contributed by atoms with Gasteiger partial charge in [-0.15, -0.1) is 5.10 Å². The predicted molar refractivity (Wildman–Crippen MR) is 74.3 cm³/mol. The van der Waals surface area contributed by atoms with E-state index in [0.717, 1.165) is 0 Å². The predicted octanol–water partition coefficient (Wildman–Crippen LogP) is 3.78. The van der Waals surface area contributed by atoms with Gasteiger partial charge in [-0.3, -0.25) is 0 Å². The van der Waals surface area contributed by atoms with Gasteiger partial charge in [-0.25, -0.2) is 4.68 Å². The van der Waals surface area contributed by atoms with Gasteiger partial charge in [0, 0.05) is 4.47 Å². The van der Waals surface area contributed by atoms with E-state index in [2.05, 4.69) is 26.2 Å². The van der Waals surface area contributed by atoms with Crippen LogP contribution in [0, 0.1) is 0 Å². The minimum absolute atomic E-state index is 0.383. The molecule has 0 radical (unpaired) electrons. The summed E-state index contributed by atoms with van der Waals surface area (Å²) in [5.74, 6) is 0. The van der Waals surface area contributed by atoms with E-state index in [-0.39, 0.29) is 0 Å². The van der Waals surface area contributed by atoms with E-state index in [1.807, 2.05) is 6.92 Å². The Labute approximate surface area is 123 Å². The Hall–Kier alpha value is -0.620. The largest absolute Gasteiger partial charge is 0.387 e. The number of aromatic nitrogens is 3. The fourth-order valence-corrected chi connectivity index (χ4v) is 2.30. The quantitative estimate of drug-likeness (QED) is 0.857. The van der Waals surface area contributed by atoms with E-state index in [0.29, 0.717) is 32.3 Å². The van der Waals surface area contributed by atoms with Crippen molar-refractivity contribution in [3.63, 3.8) is 0 Å².